The molecule has 5 heteroatoms. The Morgan fingerprint density at radius 1 is 1.19 bits per heavy atom. The summed E-state index contributed by atoms with van der Waals surface area (Å²) < 4.78 is 4.96. The van der Waals surface area contributed by atoms with E-state index < -0.39 is 11.9 Å². The van der Waals surface area contributed by atoms with Crippen molar-refractivity contribution in [2.75, 3.05) is 5.73 Å². The highest BCUT2D eigenvalue weighted by Crippen LogP contribution is 2.14. The van der Waals surface area contributed by atoms with E-state index in [4.69, 9.17) is 15.6 Å². The third kappa shape index (κ3) is 4.45. The number of nitrogens with two attached hydrogens (primary N) is 1. The smallest absolute Gasteiger partial charge is 0.311 e. The molecule has 16 heavy (non-hydrogen) atoms. The minimum absolute atomic E-state index is 0.0309. The van der Waals surface area contributed by atoms with Gasteiger partial charge in [0.05, 0.1) is 0 Å². The maximum atomic E-state index is 11.2. The van der Waals surface area contributed by atoms with Gasteiger partial charge in [-0.05, 0) is 30.7 Å². The van der Waals surface area contributed by atoms with Crippen molar-refractivity contribution in [3.8, 4) is 5.75 Å². The maximum Gasteiger partial charge on any atom is 0.311 e. The van der Waals surface area contributed by atoms with Crippen LogP contribution in [0.2, 0.25) is 0 Å². The first kappa shape index (κ1) is 12.0. The van der Waals surface area contributed by atoms with Crippen LogP contribution in [0, 0.1) is 0 Å². The Bertz CT molecular complexity index is 372. The zero-order chi connectivity index (χ0) is 12.0. The van der Waals surface area contributed by atoms with Crippen LogP contribution in [0.3, 0.4) is 0 Å². The summed E-state index contributed by atoms with van der Waals surface area (Å²) in [6.07, 6.45) is 0.344. The lowest BCUT2D eigenvalue weighted by Gasteiger charge is -2.03. The van der Waals surface area contributed by atoms with Gasteiger partial charge in [-0.3, -0.25) is 9.59 Å². The van der Waals surface area contributed by atoms with Gasteiger partial charge in [0.2, 0.25) is 0 Å². The van der Waals surface area contributed by atoms with Gasteiger partial charge in [0.15, 0.2) is 0 Å². The predicted molar refractivity (Wildman–Crippen MR) is 58.0 cm³/mol. The molecule has 1 rings (SSSR count). The molecule has 0 saturated carbocycles. The van der Waals surface area contributed by atoms with Crippen molar-refractivity contribution in [1.29, 1.82) is 0 Å². The van der Waals surface area contributed by atoms with Crippen LogP contribution in [-0.2, 0) is 9.59 Å². The van der Waals surface area contributed by atoms with E-state index in [1.54, 1.807) is 24.3 Å². The summed E-state index contributed by atoms with van der Waals surface area (Å²) in [5.41, 5.74) is 6.05. The molecule has 5 nitrogen and oxygen atoms in total. The van der Waals surface area contributed by atoms with Crippen molar-refractivity contribution in [3.05, 3.63) is 24.3 Å². The first-order valence-electron chi connectivity index (χ1n) is 4.86. The number of rotatable bonds is 5. The van der Waals surface area contributed by atoms with Gasteiger partial charge < -0.3 is 15.6 Å². The number of carbonyl (C=O) groups is 2. The number of benzene rings is 1. The highest BCUT2D eigenvalue weighted by Gasteiger charge is 2.06. The topological polar surface area (TPSA) is 89.6 Å². The molecular formula is C11H13NO4. The number of anilines is 1. The monoisotopic (exact) mass is 223 g/mol. The van der Waals surface area contributed by atoms with Crippen LogP contribution in [-0.4, -0.2) is 17.0 Å². The number of ether oxygens (including phenoxy) is 1. The molecule has 86 valence electrons. The van der Waals surface area contributed by atoms with E-state index in [1.165, 1.54) is 0 Å². The highest BCUT2D eigenvalue weighted by atomic mass is 16.5. The van der Waals surface area contributed by atoms with E-state index in [1.807, 2.05) is 0 Å². The Morgan fingerprint density at radius 2 is 1.81 bits per heavy atom. The number of carbonyl (C=O) groups excluding carboxylic acids is 1. The van der Waals surface area contributed by atoms with Crippen molar-refractivity contribution >= 4 is 17.6 Å². The van der Waals surface area contributed by atoms with Crippen LogP contribution in [0.1, 0.15) is 19.3 Å². The quantitative estimate of drug-likeness (QED) is 0.447. The first-order chi connectivity index (χ1) is 7.58. The van der Waals surface area contributed by atoms with Crippen LogP contribution in [0.25, 0.3) is 0 Å². The molecule has 0 amide bonds. The Kier molecular flexibility index (Phi) is 4.32. The van der Waals surface area contributed by atoms with Crippen molar-refractivity contribution in [2.45, 2.75) is 19.3 Å². The highest BCUT2D eigenvalue weighted by molar-refractivity contribution is 5.73. The molecule has 0 spiro atoms. The molecule has 0 saturated heterocycles. The number of hydrogen-bond acceptors (Lipinski definition) is 4. The summed E-state index contributed by atoms with van der Waals surface area (Å²) in [5, 5.41) is 8.38. The second kappa shape index (κ2) is 5.75. The summed E-state index contributed by atoms with van der Waals surface area (Å²) >= 11 is 0. The molecular weight excluding hydrogens is 210 g/mol. The number of hydrogen-bond donors (Lipinski definition) is 2. The largest absolute Gasteiger partial charge is 0.481 e. The average Bonchev–Trinajstić information content (AvgIpc) is 2.21. The van der Waals surface area contributed by atoms with E-state index in [0.717, 1.165) is 0 Å². The standard InChI is InChI=1S/C11H13NO4/c12-8-4-6-9(7-5-8)16-11(15)3-1-2-10(13)14/h4-7H,1-3,12H2,(H,13,14). The Balaban J connectivity index is 2.34. The van der Waals surface area contributed by atoms with Crippen LogP contribution >= 0.6 is 0 Å². The lowest BCUT2D eigenvalue weighted by atomic mass is 10.2. The van der Waals surface area contributed by atoms with Gasteiger partial charge in [-0.1, -0.05) is 0 Å². The zero-order valence-electron chi connectivity index (χ0n) is 8.68. The van der Waals surface area contributed by atoms with Gasteiger partial charge in [0, 0.05) is 18.5 Å². The fraction of sp³-hybridized carbons (Fsp3) is 0.273. The van der Waals surface area contributed by atoms with Crippen LogP contribution in [0.5, 0.6) is 5.75 Å². The van der Waals surface area contributed by atoms with Crippen LogP contribution < -0.4 is 10.5 Å². The minimum atomic E-state index is -0.916. The molecule has 3 N–H and O–H groups in total. The van der Waals surface area contributed by atoms with Gasteiger partial charge in [0.1, 0.15) is 5.75 Å². The van der Waals surface area contributed by atoms with Gasteiger partial charge in [0.25, 0.3) is 0 Å². The number of esters is 1. The fourth-order valence-corrected chi connectivity index (χ4v) is 1.10. The van der Waals surface area contributed by atoms with E-state index in [-0.39, 0.29) is 19.3 Å². The number of aliphatic carboxylic acids is 1. The lowest BCUT2D eigenvalue weighted by Crippen LogP contribution is -2.08. The SMILES string of the molecule is Nc1ccc(OC(=O)CCCC(=O)O)cc1. The third-order valence-electron chi connectivity index (χ3n) is 1.88. The number of carboxylic acid groups (broad SMARTS) is 1. The van der Waals surface area contributed by atoms with Gasteiger partial charge in [-0.2, -0.15) is 0 Å². The Labute approximate surface area is 92.8 Å². The maximum absolute atomic E-state index is 11.2. The fourth-order valence-electron chi connectivity index (χ4n) is 1.10. The molecule has 0 aliphatic heterocycles. The van der Waals surface area contributed by atoms with E-state index in [0.29, 0.717) is 11.4 Å². The second-order valence-corrected chi connectivity index (χ2v) is 3.29. The van der Waals surface area contributed by atoms with Crippen LogP contribution in [0.4, 0.5) is 5.69 Å². The molecule has 0 bridgehead atoms. The van der Waals surface area contributed by atoms with Gasteiger partial charge >= 0.3 is 11.9 Å². The first-order valence-corrected chi connectivity index (χ1v) is 4.86. The third-order valence-corrected chi connectivity index (χ3v) is 1.88. The van der Waals surface area contributed by atoms with Crippen molar-refractivity contribution in [3.63, 3.8) is 0 Å². The zero-order valence-corrected chi connectivity index (χ0v) is 8.68. The summed E-state index contributed by atoms with van der Waals surface area (Å²) in [6.45, 7) is 0. The van der Waals surface area contributed by atoms with Crippen molar-refractivity contribution in [2.24, 2.45) is 0 Å². The molecule has 0 heterocycles. The Hall–Kier alpha value is -2.04. The molecule has 0 radical (unpaired) electrons. The van der Waals surface area contributed by atoms with Crippen molar-refractivity contribution < 1.29 is 19.4 Å². The molecule has 0 atom stereocenters. The summed E-state index contributed by atoms with van der Waals surface area (Å²) in [7, 11) is 0. The normalized spacial score (nSPS) is 9.75. The second-order valence-electron chi connectivity index (χ2n) is 3.29. The number of carboxylic acids is 1. The van der Waals surface area contributed by atoms with E-state index in [2.05, 4.69) is 0 Å². The van der Waals surface area contributed by atoms with E-state index >= 15 is 0 Å². The summed E-state index contributed by atoms with van der Waals surface area (Å²) in [5.74, 6) is -0.944. The van der Waals surface area contributed by atoms with E-state index in [9.17, 15) is 9.59 Å². The molecule has 0 aliphatic rings. The van der Waals surface area contributed by atoms with Crippen molar-refractivity contribution in [1.82, 2.24) is 0 Å². The molecule has 1 aromatic rings. The summed E-state index contributed by atoms with van der Waals surface area (Å²) in [4.78, 5) is 21.4. The minimum Gasteiger partial charge on any atom is -0.481 e. The molecule has 0 aromatic heterocycles. The molecule has 0 fully saturated rings. The predicted octanol–water partition coefficient (Wildman–Crippen LogP) is 1.43. The van der Waals surface area contributed by atoms with Gasteiger partial charge in [-0.15, -0.1) is 0 Å². The molecule has 0 unspecified atom stereocenters. The summed E-state index contributed by atoms with van der Waals surface area (Å²) in [6, 6.07) is 6.43. The number of nitrogen functional groups attached to an aromatic ring is 1. The van der Waals surface area contributed by atoms with Gasteiger partial charge in [-0.25, -0.2) is 0 Å². The lowest BCUT2D eigenvalue weighted by molar-refractivity contribution is -0.137. The van der Waals surface area contributed by atoms with Crippen LogP contribution in [0.15, 0.2) is 24.3 Å². The average molecular weight is 223 g/mol. The molecule has 1 aromatic carbocycles. The Morgan fingerprint density at radius 3 is 2.38 bits per heavy atom. The molecule has 0 aliphatic carbocycles.